The van der Waals surface area contributed by atoms with Crippen molar-refractivity contribution < 1.29 is 4.42 Å². The molecule has 0 atom stereocenters. The Morgan fingerprint density at radius 1 is 0.486 bits per heavy atom. The molecule has 4 aromatic carbocycles. The van der Waals surface area contributed by atoms with E-state index in [2.05, 4.69) is 11.1 Å². The van der Waals surface area contributed by atoms with Crippen molar-refractivity contribution in [3.8, 4) is 45.4 Å². The Balaban J connectivity index is 1.49. The number of nitrogens with zero attached hydrogens (tertiary/aromatic N) is 4. The number of pyridine rings is 1. The first-order valence-corrected chi connectivity index (χ1v) is 12.1. The second-order valence-electron chi connectivity index (χ2n) is 8.74. The topological polar surface area (TPSA) is 64.7 Å². The highest BCUT2D eigenvalue weighted by Crippen LogP contribution is 2.38. The Morgan fingerprint density at radius 2 is 1.16 bits per heavy atom. The smallest absolute Gasteiger partial charge is 0.164 e. The predicted octanol–water partition coefficient (Wildman–Crippen LogP) is 7.83. The lowest BCUT2D eigenvalue weighted by atomic mass is 10.0. The monoisotopic (exact) mass is 476 g/mol. The number of furan rings is 1. The van der Waals surface area contributed by atoms with Gasteiger partial charge >= 0.3 is 0 Å². The summed E-state index contributed by atoms with van der Waals surface area (Å²) >= 11 is 0. The summed E-state index contributed by atoms with van der Waals surface area (Å²) in [6.45, 7) is 0. The van der Waals surface area contributed by atoms with Gasteiger partial charge in [-0.25, -0.2) is 15.0 Å². The molecule has 0 aliphatic rings. The molecule has 0 amide bonds. The van der Waals surface area contributed by atoms with Crippen molar-refractivity contribution in [3.05, 3.63) is 121 Å². The quantitative estimate of drug-likeness (QED) is 0.259. The Labute approximate surface area is 213 Å². The van der Waals surface area contributed by atoms with Crippen molar-refractivity contribution in [1.29, 1.82) is 0 Å². The van der Waals surface area contributed by atoms with Gasteiger partial charge in [-0.2, -0.15) is 0 Å². The van der Waals surface area contributed by atoms with Gasteiger partial charge in [0.05, 0.1) is 5.69 Å². The van der Waals surface area contributed by atoms with Crippen LogP contribution in [-0.2, 0) is 0 Å². The molecule has 0 spiro atoms. The number of rotatable bonds is 4. The first kappa shape index (κ1) is 21.1. The molecule has 174 valence electrons. The minimum absolute atomic E-state index is 0.601. The fourth-order valence-electron chi connectivity index (χ4n) is 4.64. The molecular weight excluding hydrogens is 456 g/mol. The van der Waals surface area contributed by atoms with E-state index in [0.717, 1.165) is 49.9 Å². The van der Waals surface area contributed by atoms with Crippen molar-refractivity contribution in [1.82, 2.24) is 19.9 Å². The molecule has 3 heterocycles. The van der Waals surface area contributed by atoms with Crippen LogP contribution in [0.2, 0.25) is 0 Å². The normalized spacial score (nSPS) is 11.2. The Bertz CT molecular complexity index is 1810. The summed E-state index contributed by atoms with van der Waals surface area (Å²) < 4.78 is 6.24. The molecule has 7 aromatic rings. The average molecular weight is 477 g/mol. The lowest BCUT2D eigenvalue weighted by molar-refractivity contribution is 0.669. The fraction of sp³-hybridized carbons (Fsp3) is 0. The third kappa shape index (κ3) is 3.83. The van der Waals surface area contributed by atoms with E-state index in [9.17, 15) is 0 Å². The van der Waals surface area contributed by atoms with E-state index in [1.54, 1.807) is 6.20 Å². The minimum atomic E-state index is 0.601. The van der Waals surface area contributed by atoms with Crippen LogP contribution < -0.4 is 0 Å². The van der Waals surface area contributed by atoms with Crippen LogP contribution in [0, 0.1) is 0 Å². The van der Waals surface area contributed by atoms with Gasteiger partial charge in [0, 0.05) is 39.2 Å². The van der Waals surface area contributed by atoms with E-state index in [1.807, 2.05) is 109 Å². The van der Waals surface area contributed by atoms with Crippen molar-refractivity contribution in [2.75, 3.05) is 0 Å². The lowest BCUT2D eigenvalue weighted by Gasteiger charge is -2.09. The molecule has 0 bridgehead atoms. The zero-order valence-corrected chi connectivity index (χ0v) is 19.7. The molecule has 0 aliphatic heterocycles. The first-order valence-electron chi connectivity index (χ1n) is 12.1. The van der Waals surface area contributed by atoms with E-state index in [4.69, 9.17) is 19.4 Å². The molecule has 0 saturated heterocycles. The summed E-state index contributed by atoms with van der Waals surface area (Å²) in [7, 11) is 0. The summed E-state index contributed by atoms with van der Waals surface area (Å²) in [4.78, 5) is 19.2. The van der Waals surface area contributed by atoms with Gasteiger partial charge in [-0.15, -0.1) is 0 Å². The Kier molecular flexibility index (Phi) is 5.03. The second kappa shape index (κ2) is 8.81. The lowest BCUT2D eigenvalue weighted by Crippen LogP contribution is -2.00. The number of fused-ring (bicyclic) bond motifs is 3. The molecule has 3 aromatic heterocycles. The molecule has 0 N–H and O–H groups in total. The van der Waals surface area contributed by atoms with Gasteiger partial charge in [-0.1, -0.05) is 78.9 Å². The number of hydrogen-bond acceptors (Lipinski definition) is 5. The van der Waals surface area contributed by atoms with Crippen LogP contribution in [0.15, 0.2) is 126 Å². The Hall–Kier alpha value is -5.16. The van der Waals surface area contributed by atoms with Crippen LogP contribution in [0.1, 0.15) is 0 Å². The summed E-state index contributed by atoms with van der Waals surface area (Å²) in [5, 5.41) is 1.97. The van der Waals surface area contributed by atoms with E-state index < -0.39 is 0 Å². The van der Waals surface area contributed by atoms with E-state index in [-0.39, 0.29) is 0 Å². The zero-order chi connectivity index (χ0) is 24.6. The van der Waals surface area contributed by atoms with Gasteiger partial charge in [0.2, 0.25) is 0 Å². The molecule has 0 fully saturated rings. The SMILES string of the molecule is c1ccc(-c2nc(-c3ccccc3)nc(-c3cccc4oc5ccc(-c6ccccn6)cc5c34)n2)cc1. The largest absolute Gasteiger partial charge is 0.456 e. The van der Waals surface area contributed by atoms with Gasteiger partial charge in [0.1, 0.15) is 11.2 Å². The van der Waals surface area contributed by atoms with Crippen LogP contribution in [0.5, 0.6) is 0 Å². The van der Waals surface area contributed by atoms with Crippen LogP contribution in [0.25, 0.3) is 67.4 Å². The second-order valence-corrected chi connectivity index (χ2v) is 8.74. The maximum absolute atomic E-state index is 6.24. The molecule has 0 aliphatic carbocycles. The van der Waals surface area contributed by atoms with Crippen LogP contribution in [-0.4, -0.2) is 19.9 Å². The molecular formula is C32H20N4O. The van der Waals surface area contributed by atoms with Crippen molar-refractivity contribution in [2.45, 2.75) is 0 Å². The maximum atomic E-state index is 6.24. The highest BCUT2D eigenvalue weighted by molar-refractivity contribution is 6.12. The summed E-state index contributed by atoms with van der Waals surface area (Å²) in [5.74, 6) is 1.86. The van der Waals surface area contributed by atoms with Crippen molar-refractivity contribution in [2.24, 2.45) is 0 Å². The standard InChI is InChI=1S/C32H20N4O/c1-3-10-21(11-4-1)30-34-31(22-12-5-2-6-13-22)36-32(35-30)24-14-9-16-28-29(24)25-20-23(17-18-27(25)37-28)26-15-7-8-19-33-26/h1-20H. The van der Waals surface area contributed by atoms with Crippen LogP contribution in [0.4, 0.5) is 0 Å². The number of aromatic nitrogens is 4. The van der Waals surface area contributed by atoms with E-state index in [0.29, 0.717) is 17.5 Å². The maximum Gasteiger partial charge on any atom is 0.164 e. The summed E-state index contributed by atoms with van der Waals surface area (Å²) in [6.07, 6.45) is 1.81. The minimum Gasteiger partial charge on any atom is -0.456 e. The zero-order valence-electron chi connectivity index (χ0n) is 19.7. The molecule has 0 saturated carbocycles. The van der Waals surface area contributed by atoms with Crippen LogP contribution >= 0.6 is 0 Å². The van der Waals surface area contributed by atoms with Crippen molar-refractivity contribution in [3.63, 3.8) is 0 Å². The average Bonchev–Trinajstić information content (AvgIpc) is 3.36. The van der Waals surface area contributed by atoms with Gasteiger partial charge in [-0.3, -0.25) is 4.98 Å². The third-order valence-electron chi connectivity index (χ3n) is 6.40. The highest BCUT2D eigenvalue weighted by atomic mass is 16.3. The van der Waals surface area contributed by atoms with Crippen LogP contribution in [0.3, 0.4) is 0 Å². The van der Waals surface area contributed by atoms with Crippen molar-refractivity contribution >= 4 is 21.9 Å². The highest BCUT2D eigenvalue weighted by Gasteiger charge is 2.18. The molecule has 5 nitrogen and oxygen atoms in total. The third-order valence-corrected chi connectivity index (χ3v) is 6.40. The van der Waals surface area contributed by atoms with Gasteiger partial charge < -0.3 is 4.42 Å². The molecule has 0 radical (unpaired) electrons. The van der Waals surface area contributed by atoms with Gasteiger partial charge in [0.25, 0.3) is 0 Å². The molecule has 37 heavy (non-hydrogen) atoms. The molecule has 5 heteroatoms. The van der Waals surface area contributed by atoms with E-state index in [1.165, 1.54) is 0 Å². The summed E-state index contributed by atoms with van der Waals surface area (Å²) in [5.41, 5.74) is 6.29. The van der Waals surface area contributed by atoms with Gasteiger partial charge in [0.15, 0.2) is 17.5 Å². The fourth-order valence-corrected chi connectivity index (χ4v) is 4.64. The molecule has 0 unspecified atom stereocenters. The predicted molar refractivity (Wildman–Crippen MR) is 147 cm³/mol. The van der Waals surface area contributed by atoms with Gasteiger partial charge in [-0.05, 0) is 36.4 Å². The number of benzene rings is 4. The summed E-state index contributed by atoms with van der Waals surface area (Å²) in [6, 6.07) is 38.1. The van der Waals surface area contributed by atoms with E-state index >= 15 is 0 Å². The number of hydrogen-bond donors (Lipinski definition) is 0. The first-order chi connectivity index (χ1) is 18.3. The Morgan fingerprint density at radius 3 is 1.84 bits per heavy atom. The molecule has 7 rings (SSSR count).